The summed E-state index contributed by atoms with van der Waals surface area (Å²) >= 11 is 0. The molecule has 2 aromatic rings. The summed E-state index contributed by atoms with van der Waals surface area (Å²) in [5.74, 6) is 0.114. The van der Waals surface area contributed by atoms with E-state index in [1.165, 1.54) is 17.5 Å². The van der Waals surface area contributed by atoms with Gasteiger partial charge in [0.05, 0.1) is 6.42 Å². The molecule has 0 spiro atoms. The van der Waals surface area contributed by atoms with Gasteiger partial charge in [0.1, 0.15) is 0 Å². The number of aryl methyl sites for hydroxylation is 2. The van der Waals surface area contributed by atoms with Gasteiger partial charge < -0.3 is 10.2 Å². The van der Waals surface area contributed by atoms with E-state index >= 15 is 0 Å². The zero-order chi connectivity index (χ0) is 18.6. The highest BCUT2D eigenvalue weighted by atomic mass is 16.2. The van der Waals surface area contributed by atoms with Crippen molar-refractivity contribution in [3.63, 3.8) is 0 Å². The third-order valence-electron chi connectivity index (χ3n) is 5.58. The molecule has 1 saturated heterocycles. The molecule has 0 aromatic heterocycles. The fraction of sp³-hybridized carbons (Fsp3) is 0.391. The van der Waals surface area contributed by atoms with E-state index in [9.17, 15) is 9.59 Å². The van der Waals surface area contributed by atoms with E-state index in [1.54, 1.807) is 0 Å². The summed E-state index contributed by atoms with van der Waals surface area (Å²) < 4.78 is 0. The molecular weight excluding hydrogens is 336 g/mol. The molecule has 0 unspecified atom stereocenters. The van der Waals surface area contributed by atoms with Gasteiger partial charge in [-0.15, -0.1) is 0 Å². The largest absolute Gasteiger partial charge is 0.352 e. The van der Waals surface area contributed by atoms with Crippen molar-refractivity contribution in [1.82, 2.24) is 10.2 Å². The lowest BCUT2D eigenvalue weighted by atomic mass is 10.0. The minimum absolute atomic E-state index is 0.0178. The van der Waals surface area contributed by atoms with Crippen LogP contribution in [0.2, 0.25) is 0 Å². The molecule has 1 aliphatic heterocycles. The molecule has 4 heteroatoms. The van der Waals surface area contributed by atoms with Crippen molar-refractivity contribution in [2.75, 3.05) is 13.1 Å². The Morgan fingerprint density at radius 3 is 2.56 bits per heavy atom. The lowest BCUT2D eigenvalue weighted by Crippen LogP contribution is -2.28. The number of hydrogen-bond donors (Lipinski definition) is 1. The van der Waals surface area contributed by atoms with E-state index in [1.807, 2.05) is 29.2 Å². The summed E-state index contributed by atoms with van der Waals surface area (Å²) in [4.78, 5) is 26.7. The van der Waals surface area contributed by atoms with Crippen molar-refractivity contribution >= 4 is 11.8 Å². The molecule has 1 N–H and O–H groups in total. The third-order valence-corrected chi connectivity index (χ3v) is 5.58. The minimum Gasteiger partial charge on any atom is -0.352 e. The van der Waals surface area contributed by atoms with Crippen molar-refractivity contribution in [2.24, 2.45) is 0 Å². The summed E-state index contributed by atoms with van der Waals surface area (Å²) in [5, 5.41) is 2.99. The predicted octanol–water partition coefficient (Wildman–Crippen LogP) is 3.27. The number of likely N-dealkylation sites (tertiary alicyclic amines) is 1. The number of carbonyl (C=O) groups excluding carboxylic acids is 2. The van der Waals surface area contributed by atoms with Crippen molar-refractivity contribution < 1.29 is 9.59 Å². The van der Waals surface area contributed by atoms with Crippen LogP contribution < -0.4 is 5.32 Å². The maximum absolute atomic E-state index is 12.5. The Morgan fingerprint density at radius 2 is 1.70 bits per heavy atom. The van der Waals surface area contributed by atoms with Crippen LogP contribution in [-0.2, 0) is 30.6 Å². The van der Waals surface area contributed by atoms with Gasteiger partial charge in [0.25, 0.3) is 5.91 Å². The van der Waals surface area contributed by atoms with Gasteiger partial charge in [-0.1, -0.05) is 30.3 Å². The number of nitrogens with one attached hydrogen (secondary N) is 1. The van der Waals surface area contributed by atoms with Gasteiger partial charge in [-0.05, 0) is 66.5 Å². The van der Waals surface area contributed by atoms with Crippen molar-refractivity contribution in [1.29, 1.82) is 0 Å². The molecule has 27 heavy (non-hydrogen) atoms. The zero-order valence-corrected chi connectivity index (χ0v) is 15.7. The van der Waals surface area contributed by atoms with Crippen LogP contribution in [0, 0.1) is 0 Å². The topological polar surface area (TPSA) is 49.4 Å². The van der Waals surface area contributed by atoms with Crippen molar-refractivity contribution in [3.8, 4) is 0 Å². The molecule has 140 valence electrons. The maximum atomic E-state index is 12.5. The van der Waals surface area contributed by atoms with Gasteiger partial charge in [0.15, 0.2) is 0 Å². The second-order valence-corrected chi connectivity index (χ2v) is 7.61. The van der Waals surface area contributed by atoms with Crippen LogP contribution >= 0.6 is 0 Å². The zero-order valence-electron chi connectivity index (χ0n) is 15.7. The Labute approximate surface area is 160 Å². The molecule has 0 bridgehead atoms. The van der Waals surface area contributed by atoms with Crippen LogP contribution in [0.15, 0.2) is 42.5 Å². The number of fused-ring (bicyclic) bond motifs is 1. The summed E-state index contributed by atoms with van der Waals surface area (Å²) in [7, 11) is 0. The van der Waals surface area contributed by atoms with E-state index in [0.29, 0.717) is 18.5 Å². The number of nitrogens with zero attached hydrogens (tertiary/aromatic N) is 1. The lowest BCUT2D eigenvalue weighted by Gasteiger charge is -2.15. The molecule has 0 atom stereocenters. The highest BCUT2D eigenvalue weighted by molar-refractivity contribution is 5.94. The Kier molecular flexibility index (Phi) is 5.23. The number of benzene rings is 2. The molecule has 1 aliphatic carbocycles. The maximum Gasteiger partial charge on any atom is 0.253 e. The van der Waals surface area contributed by atoms with Crippen LogP contribution in [0.4, 0.5) is 0 Å². The number of rotatable bonds is 5. The SMILES string of the molecule is O=C(Cc1ccc2c(c1)CCC2)NCc1cccc(C(=O)N2CCCC2)c1. The van der Waals surface area contributed by atoms with Crippen LogP contribution in [-0.4, -0.2) is 29.8 Å². The Bertz CT molecular complexity index is 853. The first-order valence-corrected chi connectivity index (χ1v) is 9.95. The summed E-state index contributed by atoms with van der Waals surface area (Å²) in [5.41, 5.74) is 5.57. The fourth-order valence-electron chi connectivity index (χ4n) is 4.10. The van der Waals surface area contributed by atoms with Gasteiger partial charge in [0.2, 0.25) is 5.91 Å². The lowest BCUT2D eigenvalue weighted by molar-refractivity contribution is -0.120. The van der Waals surface area contributed by atoms with E-state index in [-0.39, 0.29) is 11.8 Å². The minimum atomic E-state index is 0.0178. The van der Waals surface area contributed by atoms with E-state index in [4.69, 9.17) is 0 Å². The average Bonchev–Trinajstić information content (AvgIpc) is 3.37. The second kappa shape index (κ2) is 7.95. The third kappa shape index (κ3) is 4.21. The first-order valence-electron chi connectivity index (χ1n) is 9.95. The van der Waals surface area contributed by atoms with E-state index in [2.05, 4.69) is 23.5 Å². The highest BCUT2D eigenvalue weighted by Gasteiger charge is 2.19. The Morgan fingerprint density at radius 1 is 0.889 bits per heavy atom. The van der Waals surface area contributed by atoms with Gasteiger partial charge >= 0.3 is 0 Å². The first kappa shape index (κ1) is 17.8. The molecule has 2 aliphatic rings. The molecule has 0 radical (unpaired) electrons. The molecule has 2 amide bonds. The number of hydrogen-bond acceptors (Lipinski definition) is 2. The van der Waals surface area contributed by atoms with Gasteiger partial charge in [-0.3, -0.25) is 9.59 Å². The average molecular weight is 362 g/mol. The van der Waals surface area contributed by atoms with Crippen LogP contribution in [0.3, 0.4) is 0 Å². The fourth-order valence-corrected chi connectivity index (χ4v) is 4.10. The van der Waals surface area contributed by atoms with Crippen LogP contribution in [0.1, 0.15) is 51.9 Å². The predicted molar refractivity (Wildman–Crippen MR) is 106 cm³/mol. The van der Waals surface area contributed by atoms with Crippen LogP contribution in [0.5, 0.6) is 0 Å². The normalized spacial score (nSPS) is 15.6. The monoisotopic (exact) mass is 362 g/mol. The molecule has 4 nitrogen and oxygen atoms in total. The smallest absolute Gasteiger partial charge is 0.253 e. The summed E-state index contributed by atoms with van der Waals surface area (Å²) in [6.07, 6.45) is 6.09. The molecule has 1 fully saturated rings. The molecule has 2 aromatic carbocycles. The standard InChI is InChI=1S/C23H26N2O2/c26-22(15-17-9-10-19-6-4-7-20(19)13-17)24-16-18-5-3-8-21(14-18)23(27)25-11-1-2-12-25/h3,5,8-10,13-14H,1-2,4,6-7,11-12,15-16H2,(H,24,26). The number of amides is 2. The molecular formula is C23H26N2O2. The van der Waals surface area contributed by atoms with Gasteiger partial charge in [-0.2, -0.15) is 0 Å². The summed E-state index contributed by atoms with van der Waals surface area (Å²) in [6.45, 7) is 2.14. The highest BCUT2D eigenvalue weighted by Crippen LogP contribution is 2.23. The Balaban J connectivity index is 1.33. The second-order valence-electron chi connectivity index (χ2n) is 7.61. The Hall–Kier alpha value is -2.62. The molecule has 0 saturated carbocycles. The molecule has 1 heterocycles. The quantitative estimate of drug-likeness (QED) is 0.887. The van der Waals surface area contributed by atoms with Crippen molar-refractivity contribution in [2.45, 2.75) is 45.1 Å². The molecule has 4 rings (SSSR count). The van der Waals surface area contributed by atoms with E-state index < -0.39 is 0 Å². The van der Waals surface area contributed by atoms with E-state index in [0.717, 1.165) is 49.9 Å². The van der Waals surface area contributed by atoms with Gasteiger partial charge in [0, 0.05) is 25.2 Å². The van der Waals surface area contributed by atoms with Gasteiger partial charge in [-0.25, -0.2) is 0 Å². The first-order chi connectivity index (χ1) is 13.2. The van der Waals surface area contributed by atoms with Crippen LogP contribution in [0.25, 0.3) is 0 Å². The summed E-state index contributed by atoms with van der Waals surface area (Å²) in [6, 6.07) is 14.0. The number of carbonyl (C=O) groups is 2. The van der Waals surface area contributed by atoms with Crippen molar-refractivity contribution in [3.05, 3.63) is 70.3 Å².